The molecular formula is C16H24BrN. The smallest absolute Gasteiger partial charge is 0.0233 e. The summed E-state index contributed by atoms with van der Waals surface area (Å²) in [7, 11) is 0. The quantitative estimate of drug-likeness (QED) is 0.765. The molecule has 1 nitrogen and oxygen atoms in total. The van der Waals surface area contributed by atoms with Crippen LogP contribution in [0.2, 0.25) is 0 Å². The maximum Gasteiger partial charge on any atom is 0.0233 e. The van der Waals surface area contributed by atoms with E-state index in [0.717, 1.165) is 16.9 Å². The van der Waals surface area contributed by atoms with E-state index >= 15 is 0 Å². The number of rotatable bonds is 2. The summed E-state index contributed by atoms with van der Waals surface area (Å²) in [6, 6.07) is 8.72. The third kappa shape index (κ3) is 3.83. The minimum absolute atomic E-state index is 0.476. The van der Waals surface area contributed by atoms with Gasteiger partial charge in [0.15, 0.2) is 0 Å². The van der Waals surface area contributed by atoms with Crippen molar-refractivity contribution in [3.05, 3.63) is 34.3 Å². The Morgan fingerprint density at radius 2 is 1.67 bits per heavy atom. The average molecular weight is 310 g/mol. The van der Waals surface area contributed by atoms with Crippen molar-refractivity contribution < 1.29 is 0 Å². The molecule has 2 rings (SSSR count). The van der Waals surface area contributed by atoms with Crippen molar-refractivity contribution in [2.75, 3.05) is 13.1 Å². The summed E-state index contributed by atoms with van der Waals surface area (Å²) in [5, 5.41) is 0. The van der Waals surface area contributed by atoms with Crippen molar-refractivity contribution in [2.45, 2.75) is 40.2 Å². The zero-order valence-electron chi connectivity index (χ0n) is 11.7. The minimum atomic E-state index is 0.476. The lowest BCUT2D eigenvalue weighted by atomic mass is 9.75. The lowest BCUT2D eigenvalue weighted by Gasteiger charge is -2.38. The minimum Gasteiger partial charge on any atom is -0.299 e. The van der Waals surface area contributed by atoms with Gasteiger partial charge in [0.2, 0.25) is 0 Å². The van der Waals surface area contributed by atoms with Crippen LogP contribution in [0.5, 0.6) is 0 Å². The molecule has 0 aromatic heterocycles. The van der Waals surface area contributed by atoms with Crippen molar-refractivity contribution in [1.29, 1.82) is 0 Å². The molecular weight excluding hydrogens is 286 g/mol. The number of nitrogens with zero attached hydrogens (tertiary/aromatic N) is 1. The van der Waals surface area contributed by atoms with Gasteiger partial charge in [-0.3, -0.25) is 4.90 Å². The first-order valence-corrected chi connectivity index (χ1v) is 7.71. The first-order valence-electron chi connectivity index (χ1n) is 6.92. The lowest BCUT2D eigenvalue weighted by Crippen LogP contribution is -2.37. The standard InChI is InChI=1S/C16H24BrN/c1-16(2,3)14-8-10-18(11-9-14)12-13-4-6-15(17)7-5-13/h4-7,14H,8-12H2,1-3H3. The average Bonchev–Trinajstić information content (AvgIpc) is 2.32. The van der Waals surface area contributed by atoms with E-state index in [2.05, 4.69) is 65.9 Å². The summed E-state index contributed by atoms with van der Waals surface area (Å²) in [5.74, 6) is 0.888. The fourth-order valence-electron chi connectivity index (χ4n) is 2.81. The van der Waals surface area contributed by atoms with Crippen LogP contribution in [0.25, 0.3) is 0 Å². The summed E-state index contributed by atoms with van der Waals surface area (Å²) in [5.41, 5.74) is 1.90. The summed E-state index contributed by atoms with van der Waals surface area (Å²) in [6.07, 6.45) is 2.69. The van der Waals surface area contributed by atoms with E-state index in [1.165, 1.54) is 31.5 Å². The molecule has 0 saturated carbocycles. The fourth-order valence-corrected chi connectivity index (χ4v) is 3.07. The van der Waals surface area contributed by atoms with Gasteiger partial charge in [-0.15, -0.1) is 0 Å². The third-order valence-electron chi connectivity index (χ3n) is 4.13. The summed E-state index contributed by atoms with van der Waals surface area (Å²) in [6.45, 7) is 10.7. The molecule has 1 aliphatic rings. The van der Waals surface area contributed by atoms with Crippen LogP contribution in [-0.4, -0.2) is 18.0 Å². The van der Waals surface area contributed by atoms with Crippen molar-refractivity contribution in [3.63, 3.8) is 0 Å². The van der Waals surface area contributed by atoms with Gasteiger partial charge in [0.05, 0.1) is 0 Å². The number of hydrogen-bond donors (Lipinski definition) is 0. The molecule has 0 spiro atoms. The van der Waals surface area contributed by atoms with Gasteiger partial charge >= 0.3 is 0 Å². The highest BCUT2D eigenvalue weighted by molar-refractivity contribution is 9.10. The van der Waals surface area contributed by atoms with E-state index < -0.39 is 0 Å². The van der Waals surface area contributed by atoms with Gasteiger partial charge in [-0.2, -0.15) is 0 Å². The van der Waals surface area contributed by atoms with E-state index in [1.807, 2.05) is 0 Å². The van der Waals surface area contributed by atoms with Crippen molar-refractivity contribution in [1.82, 2.24) is 4.90 Å². The van der Waals surface area contributed by atoms with Crippen LogP contribution in [0.3, 0.4) is 0 Å². The van der Waals surface area contributed by atoms with E-state index in [-0.39, 0.29) is 0 Å². The first-order chi connectivity index (χ1) is 8.45. The predicted molar refractivity (Wildman–Crippen MR) is 81.6 cm³/mol. The Kier molecular flexibility index (Phi) is 4.50. The van der Waals surface area contributed by atoms with Gasteiger partial charge < -0.3 is 0 Å². The monoisotopic (exact) mass is 309 g/mol. The Labute approximate surface area is 120 Å². The number of halogens is 1. The van der Waals surface area contributed by atoms with E-state index in [4.69, 9.17) is 0 Å². The second kappa shape index (κ2) is 5.75. The molecule has 100 valence electrons. The van der Waals surface area contributed by atoms with E-state index in [9.17, 15) is 0 Å². The molecule has 2 heteroatoms. The van der Waals surface area contributed by atoms with Gasteiger partial charge in [-0.05, 0) is 55.0 Å². The lowest BCUT2D eigenvalue weighted by molar-refractivity contribution is 0.108. The Balaban J connectivity index is 1.85. The van der Waals surface area contributed by atoms with Crippen LogP contribution in [0.15, 0.2) is 28.7 Å². The summed E-state index contributed by atoms with van der Waals surface area (Å²) in [4.78, 5) is 2.59. The van der Waals surface area contributed by atoms with Crippen LogP contribution in [0, 0.1) is 11.3 Å². The van der Waals surface area contributed by atoms with Gasteiger partial charge in [0, 0.05) is 11.0 Å². The normalized spacial score (nSPS) is 19.1. The number of likely N-dealkylation sites (tertiary alicyclic amines) is 1. The fraction of sp³-hybridized carbons (Fsp3) is 0.625. The maximum atomic E-state index is 3.49. The largest absolute Gasteiger partial charge is 0.299 e. The third-order valence-corrected chi connectivity index (χ3v) is 4.66. The highest BCUT2D eigenvalue weighted by Gasteiger charge is 2.28. The van der Waals surface area contributed by atoms with Gasteiger partial charge in [0.1, 0.15) is 0 Å². The predicted octanol–water partition coefficient (Wildman–Crippen LogP) is 4.71. The molecule has 1 fully saturated rings. The van der Waals surface area contributed by atoms with Crippen molar-refractivity contribution in [2.24, 2.45) is 11.3 Å². The van der Waals surface area contributed by atoms with Gasteiger partial charge in [-0.25, -0.2) is 0 Å². The van der Waals surface area contributed by atoms with Crippen molar-refractivity contribution in [3.8, 4) is 0 Å². The Morgan fingerprint density at radius 1 is 1.11 bits per heavy atom. The molecule has 0 amide bonds. The Morgan fingerprint density at radius 3 is 2.17 bits per heavy atom. The Hall–Kier alpha value is -0.340. The molecule has 1 heterocycles. The molecule has 0 unspecified atom stereocenters. The molecule has 18 heavy (non-hydrogen) atoms. The highest BCUT2D eigenvalue weighted by Crippen LogP contribution is 2.34. The van der Waals surface area contributed by atoms with Gasteiger partial charge in [-0.1, -0.05) is 48.8 Å². The van der Waals surface area contributed by atoms with Crippen LogP contribution in [0.1, 0.15) is 39.2 Å². The second-order valence-corrected chi connectivity index (χ2v) is 7.46. The first kappa shape index (κ1) is 14.1. The molecule has 0 N–H and O–H groups in total. The second-order valence-electron chi connectivity index (χ2n) is 6.54. The van der Waals surface area contributed by atoms with E-state index in [1.54, 1.807) is 0 Å². The summed E-state index contributed by atoms with van der Waals surface area (Å²) >= 11 is 3.49. The molecule has 0 radical (unpaired) electrons. The number of piperidine rings is 1. The van der Waals surface area contributed by atoms with Crippen LogP contribution in [0.4, 0.5) is 0 Å². The SMILES string of the molecule is CC(C)(C)C1CCN(Cc2ccc(Br)cc2)CC1. The molecule has 0 atom stereocenters. The Bertz CT molecular complexity index is 369. The zero-order chi connectivity index (χ0) is 13.2. The molecule has 0 bridgehead atoms. The topological polar surface area (TPSA) is 3.24 Å². The molecule has 1 aromatic rings. The van der Waals surface area contributed by atoms with Crippen molar-refractivity contribution >= 4 is 15.9 Å². The molecule has 1 aliphatic heterocycles. The number of benzene rings is 1. The highest BCUT2D eigenvalue weighted by atomic mass is 79.9. The van der Waals surface area contributed by atoms with E-state index in [0.29, 0.717) is 5.41 Å². The summed E-state index contributed by atoms with van der Waals surface area (Å²) < 4.78 is 1.16. The van der Waals surface area contributed by atoms with Gasteiger partial charge in [0.25, 0.3) is 0 Å². The van der Waals surface area contributed by atoms with Crippen LogP contribution < -0.4 is 0 Å². The van der Waals surface area contributed by atoms with Crippen LogP contribution in [-0.2, 0) is 6.54 Å². The number of hydrogen-bond acceptors (Lipinski definition) is 1. The van der Waals surface area contributed by atoms with Crippen LogP contribution >= 0.6 is 15.9 Å². The molecule has 0 aliphatic carbocycles. The zero-order valence-corrected chi connectivity index (χ0v) is 13.3. The molecule has 1 aromatic carbocycles. The maximum absolute atomic E-state index is 3.49. The molecule has 1 saturated heterocycles.